The molecular weight excluding hydrogens is 315 g/mol. The van der Waals surface area contributed by atoms with Gasteiger partial charge in [-0.1, -0.05) is 6.07 Å². The van der Waals surface area contributed by atoms with Crippen LogP contribution >= 0.6 is 0 Å². The number of hydrogen-bond acceptors (Lipinski definition) is 5. The second-order valence-corrected chi connectivity index (χ2v) is 5.05. The first-order valence-corrected chi connectivity index (χ1v) is 7.35. The average molecular weight is 334 g/mol. The molecule has 1 atom stereocenters. The van der Waals surface area contributed by atoms with Crippen LogP contribution in [0.3, 0.4) is 0 Å². The van der Waals surface area contributed by atoms with Gasteiger partial charge in [0.1, 0.15) is 41.3 Å². The highest BCUT2D eigenvalue weighted by molar-refractivity contribution is 5.93. The molecule has 0 radical (unpaired) electrons. The second-order valence-electron chi connectivity index (χ2n) is 5.05. The molecule has 0 aliphatic heterocycles. The molecule has 2 aromatic carbocycles. The van der Waals surface area contributed by atoms with Crippen molar-refractivity contribution in [3.8, 4) is 17.2 Å². The van der Waals surface area contributed by atoms with Crippen LogP contribution < -0.4 is 14.2 Å². The number of halogens is 1. The highest BCUT2D eigenvalue weighted by atomic mass is 19.1. The largest absolute Gasteiger partial charge is 0.497 e. The van der Waals surface area contributed by atoms with E-state index in [1.165, 1.54) is 26.4 Å². The molecule has 0 spiro atoms. The maximum absolute atomic E-state index is 13.1. The first-order valence-electron chi connectivity index (χ1n) is 7.35. The Morgan fingerprint density at radius 2 is 1.88 bits per heavy atom. The summed E-state index contributed by atoms with van der Waals surface area (Å²) in [5.41, 5.74) is 0.259. The number of methoxy groups -OCH3 is 2. The summed E-state index contributed by atoms with van der Waals surface area (Å²) < 4.78 is 34.1. The molecule has 0 heterocycles. The molecule has 24 heavy (non-hydrogen) atoms. The molecule has 0 aromatic heterocycles. The Morgan fingerprint density at radius 1 is 1.08 bits per heavy atom. The van der Waals surface area contributed by atoms with Crippen molar-refractivity contribution >= 4 is 5.97 Å². The zero-order valence-corrected chi connectivity index (χ0v) is 13.7. The molecule has 0 bridgehead atoms. The van der Waals surface area contributed by atoms with Crippen LogP contribution in [0.1, 0.15) is 17.3 Å². The van der Waals surface area contributed by atoms with Gasteiger partial charge in [0.15, 0.2) is 0 Å². The summed E-state index contributed by atoms with van der Waals surface area (Å²) in [7, 11) is 2.97. The highest BCUT2D eigenvalue weighted by Crippen LogP contribution is 2.25. The minimum absolute atomic E-state index is 0.0987. The lowest BCUT2D eigenvalue weighted by atomic mass is 10.2. The molecule has 0 N–H and O–H groups in total. The third-order valence-corrected chi connectivity index (χ3v) is 3.22. The summed E-state index contributed by atoms with van der Waals surface area (Å²) in [4.78, 5) is 12.3. The lowest BCUT2D eigenvalue weighted by Gasteiger charge is -2.16. The normalized spacial score (nSPS) is 11.5. The lowest BCUT2D eigenvalue weighted by Crippen LogP contribution is -2.22. The highest BCUT2D eigenvalue weighted by Gasteiger charge is 2.18. The van der Waals surface area contributed by atoms with Crippen molar-refractivity contribution in [2.75, 3.05) is 20.8 Å². The number of benzene rings is 2. The standard InChI is InChI=1S/C18H19FO5/c1-12(11-23-15-6-4-5-13(19)9-15)24-18(20)16-10-14(21-2)7-8-17(16)22-3/h4-10,12H,11H2,1-3H3. The van der Waals surface area contributed by atoms with Crippen LogP contribution in [0.5, 0.6) is 17.2 Å². The van der Waals surface area contributed by atoms with E-state index in [0.29, 0.717) is 17.2 Å². The molecule has 1 unspecified atom stereocenters. The van der Waals surface area contributed by atoms with Gasteiger partial charge in [-0.2, -0.15) is 0 Å². The van der Waals surface area contributed by atoms with Gasteiger partial charge in [-0.05, 0) is 37.3 Å². The van der Waals surface area contributed by atoms with E-state index in [9.17, 15) is 9.18 Å². The van der Waals surface area contributed by atoms with Gasteiger partial charge < -0.3 is 18.9 Å². The lowest BCUT2D eigenvalue weighted by molar-refractivity contribution is 0.0224. The van der Waals surface area contributed by atoms with E-state index in [1.807, 2.05) is 0 Å². The fourth-order valence-electron chi connectivity index (χ4n) is 2.02. The zero-order valence-electron chi connectivity index (χ0n) is 13.7. The predicted molar refractivity (Wildman–Crippen MR) is 86.3 cm³/mol. The summed E-state index contributed by atoms with van der Waals surface area (Å²) in [6.45, 7) is 1.78. The van der Waals surface area contributed by atoms with E-state index in [4.69, 9.17) is 18.9 Å². The van der Waals surface area contributed by atoms with Gasteiger partial charge in [0.05, 0.1) is 14.2 Å². The molecule has 0 aliphatic carbocycles. The van der Waals surface area contributed by atoms with Gasteiger partial charge in [-0.3, -0.25) is 0 Å². The van der Waals surface area contributed by atoms with E-state index in [0.717, 1.165) is 0 Å². The molecule has 0 saturated heterocycles. The summed E-state index contributed by atoms with van der Waals surface area (Å²) >= 11 is 0. The SMILES string of the molecule is COc1ccc(OC)c(C(=O)OC(C)COc2cccc(F)c2)c1. The molecule has 0 saturated carbocycles. The quantitative estimate of drug-likeness (QED) is 0.726. The first kappa shape index (κ1) is 17.6. The topological polar surface area (TPSA) is 54.0 Å². The molecule has 0 amide bonds. The number of rotatable bonds is 7. The maximum atomic E-state index is 13.1. The fourth-order valence-corrected chi connectivity index (χ4v) is 2.02. The molecular formula is C18H19FO5. The molecule has 0 aliphatic rings. The number of carbonyl (C=O) groups is 1. The van der Waals surface area contributed by atoms with Crippen LogP contribution in [-0.4, -0.2) is 32.9 Å². The van der Waals surface area contributed by atoms with Crippen LogP contribution in [0.2, 0.25) is 0 Å². The predicted octanol–water partition coefficient (Wildman–Crippen LogP) is 3.47. The molecule has 2 rings (SSSR count). The van der Waals surface area contributed by atoms with Crippen molar-refractivity contribution in [3.63, 3.8) is 0 Å². The first-order chi connectivity index (χ1) is 11.5. The van der Waals surface area contributed by atoms with E-state index in [1.54, 1.807) is 37.3 Å². The maximum Gasteiger partial charge on any atom is 0.342 e. The van der Waals surface area contributed by atoms with E-state index in [-0.39, 0.29) is 12.2 Å². The van der Waals surface area contributed by atoms with Gasteiger partial charge >= 0.3 is 5.97 Å². The van der Waals surface area contributed by atoms with Gasteiger partial charge in [-0.25, -0.2) is 9.18 Å². The van der Waals surface area contributed by atoms with Crippen LogP contribution in [-0.2, 0) is 4.74 Å². The summed E-state index contributed by atoms with van der Waals surface area (Å²) in [5.74, 6) is 0.335. The van der Waals surface area contributed by atoms with E-state index < -0.39 is 17.9 Å². The Bertz CT molecular complexity index is 702. The Morgan fingerprint density at radius 3 is 2.54 bits per heavy atom. The van der Waals surface area contributed by atoms with Crippen molar-refractivity contribution in [1.82, 2.24) is 0 Å². The molecule has 5 nitrogen and oxygen atoms in total. The number of ether oxygens (including phenoxy) is 4. The Labute approximate surface area is 139 Å². The number of carbonyl (C=O) groups excluding carboxylic acids is 1. The molecule has 128 valence electrons. The average Bonchev–Trinajstić information content (AvgIpc) is 2.59. The Balaban J connectivity index is 1.98. The summed E-state index contributed by atoms with van der Waals surface area (Å²) in [5, 5.41) is 0. The Kier molecular flexibility index (Phi) is 6.01. The minimum atomic E-state index is -0.555. The van der Waals surface area contributed by atoms with Crippen molar-refractivity contribution in [2.45, 2.75) is 13.0 Å². The minimum Gasteiger partial charge on any atom is -0.497 e. The van der Waals surface area contributed by atoms with Crippen molar-refractivity contribution < 1.29 is 28.1 Å². The molecule has 0 fully saturated rings. The Hall–Kier alpha value is -2.76. The van der Waals surface area contributed by atoms with Gasteiger partial charge in [-0.15, -0.1) is 0 Å². The second kappa shape index (κ2) is 8.19. The van der Waals surface area contributed by atoms with Gasteiger partial charge in [0, 0.05) is 6.07 Å². The zero-order chi connectivity index (χ0) is 17.5. The van der Waals surface area contributed by atoms with E-state index in [2.05, 4.69) is 0 Å². The van der Waals surface area contributed by atoms with Crippen molar-refractivity contribution in [2.24, 2.45) is 0 Å². The van der Waals surface area contributed by atoms with E-state index >= 15 is 0 Å². The summed E-state index contributed by atoms with van der Waals surface area (Å²) in [6.07, 6.45) is -0.531. The number of esters is 1. The van der Waals surface area contributed by atoms with Crippen LogP contribution in [0, 0.1) is 5.82 Å². The number of hydrogen-bond donors (Lipinski definition) is 0. The van der Waals surface area contributed by atoms with Crippen LogP contribution in [0.15, 0.2) is 42.5 Å². The van der Waals surface area contributed by atoms with Gasteiger partial charge in [0.2, 0.25) is 0 Å². The van der Waals surface area contributed by atoms with Crippen molar-refractivity contribution in [1.29, 1.82) is 0 Å². The molecule has 6 heteroatoms. The third-order valence-electron chi connectivity index (χ3n) is 3.22. The smallest absolute Gasteiger partial charge is 0.342 e. The monoisotopic (exact) mass is 334 g/mol. The van der Waals surface area contributed by atoms with Gasteiger partial charge in [0.25, 0.3) is 0 Å². The van der Waals surface area contributed by atoms with Crippen molar-refractivity contribution in [3.05, 3.63) is 53.8 Å². The molecule has 2 aromatic rings. The van der Waals surface area contributed by atoms with Crippen LogP contribution in [0.25, 0.3) is 0 Å². The van der Waals surface area contributed by atoms with Crippen LogP contribution in [0.4, 0.5) is 4.39 Å². The third kappa shape index (κ3) is 4.62. The fraction of sp³-hybridized carbons (Fsp3) is 0.278. The summed E-state index contributed by atoms with van der Waals surface area (Å²) in [6, 6.07) is 10.6.